The molecule has 0 radical (unpaired) electrons. The lowest BCUT2D eigenvalue weighted by Crippen LogP contribution is -2.01. The molecule has 2 aromatic rings. The van der Waals surface area contributed by atoms with Gasteiger partial charge in [-0.1, -0.05) is 56.3 Å². The van der Waals surface area contributed by atoms with Crippen LogP contribution in [0.2, 0.25) is 0 Å². The Morgan fingerprint density at radius 1 is 0.909 bits per heavy atom. The number of anilines is 3. The van der Waals surface area contributed by atoms with Gasteiger partial charge in [-0.15, -0.1) is 0 Å². The number of benzene rings is 2. The van der Waals surface area contributed by atoms with Gasteiger partial charge in [0.05, 0.1) is 11.4 Å². The Balaban J connectivity index is 2.18. The predicted octanol–water partition coefficient (Wildman–Crippen LogP) is 5.96. The van der Waals surface area contributed by atoms with Crippen molar-refractivity contribution < 1.29 is 0 Å². The highest BCUT2D eigenvalue weighted by Gasteiger charge is 2.02. The summed E-state index contributed by atoms with van der Waals surface area (Å²) in [5, 5.41) is 6.94. The Labute approximate surface area is 133 Å². The second-order valence-electron chi connectivity index (χ2n) is 5.51. The van der Waals surface area contributed by atoms with E-state index < -0.39 is 0 Å². The predicted molar refractivity (Wildman–Crippen MR) is 97.5 cm³/mol. The van der Waals surface area contributed by atoms with E-state index in [0.717, 1.165) is 22.8 Å². The van der Waals surface area contributed by atoms with E-state index in [1.165, 1.54) is 0 Å². The summed E-state index contributed by atoms with van der Waals surface area (Å²) in [6, 6.07) is 18.4. The zero-order valence-corrected chi connectivity index (χ0v) is 13.5. The number of para-hydroxylation sites is 3. The Morgan fingerprint density at radius 3 is 2.18 bits per heavy atom. The molecule has 0 aliphatic carbocycles. The van der Waals surface area contributed by atoms with E-state index in [1.807, 2.05) is 37.3 Å². The molecule has 0 fully saturated rings. The molecule has 0 aliphatic rings. The standard InChI is InChI=1S/C20H24N2/c1-4-17(15-14-16(2)3)21-19-12-8-9-13-20(19)22-18-10-6-5-7-11-18/h4-16,21-22H,1-3H3/b15-14-,17-4+. The molecular formula is C20H24N2. The molecule has 22 heavy (non-hydrogen) atoms. The Kier molecular flexibility index (Phi) is 5.84. The van der Waals surface area contributed by atoms with Crippen molar-refractivity contribution in [3.63, 3.8) is 0 Å². The molecule has 2 heteroatoms. The van der Waals surface area contributed by atoms with Crippen LogP contribution in [-0.2, 0) is 0 Å². The first-order valence-electron chi connectivity index (χ1n) is 7.71. The van der Waals surface area contributed by atoms with Gasteiger partial charge in [-0.05, 0) is 43.2 Å². The fraction of sp³-hybridized carbons (Fsp3) is 0.200. The van der Waals surface area contributed by atoms with Crippen molar-refractivity contribution in [3.05, 3.63) is 78.5 Å². The van der Waals surface area contributed by atoms with Crippen LogP contribution < -0.4 is 10.6 Å². The minimum Gasteiger partial charge on any atom is -0.354 e. The average Bonchev–Trinajstić information content (AvgIpc) is 2.53. The summed E-state index contributed by atoms with van der Waals surface area (Å²) in [5.74, 6) is 0.537. The van der Waals surface area contributed by atoms with Gasteiger partial charge < -0.3 is 10.6 Å². The van der Waals surface area contributed by atoms with E-state index in [4.69, 9.17) is 0 Å². The summed E-state index contributed by atoms with van der Waals surface area (Å²) in [6.45, 7) is 6.39. The normalized spacial score (nSPS) is 11.9. The van der Waals surface area contributed by atoms with E-state index in [-0.39, 0.29) is 0 Å². The third-order valence-corrected chi connectivity index (χ3v) is 3.23. The first-order valence-corrected chi connectivity index (χ1v) is 7.71. The smallest absolute Gasteiger partial charge is 0.0623 e. The van der Waals surface area contributed by atoms with Crippen LogP contribution in [0.15, 0.2) is 78.5 Å². The maximum atomic E-state index is 3.48. The SMILES string of the molecule is C/C=C(\C=C/C(C)C)Nc1ccccc1Nc1ccccc1. The third kappa shape index (κ3) is 4.81. The number of nitrogens with one attached hydrogen (secondary N) is 2. The highest BCUT2D eigenvalue weighted by Crippen LogP contribution is 2.26. The van der Waals surface area contributed by atoms with Gasteiger partial charge in [-0.3, -0.25) is 0 Å². The Morgan fingerprint density at radius 2 is 1.55 bits per heavy atom. The summed E-state index contributed by atoms with van der Waals surface area (Å²) in [6.07, 6.45) is 6.40. The number of allylic oxidation sites excluding steroid dienone is 3. The second kappa shape index (κ2) is 8.08. The highest BCUT2D eigenvalue weighted by molar-refractivity contribution is 5.75. The number of hydrogen-bond acceptors (Lipinski definition) is 2. The molecular weight excluding hydrogens is 268 g/mol. The summed E-state index contributed by atoms with van der Waals surface area (Å²) in [5.41, 5.74) is 4.30. The largest absolute Gasteiger partial charge is 0.354 e. The molecule has 114 valence electrons. The number of hydrogen-bond donors (Lipinski definition) is 2. The summed E-state index contributed by atoms with van der Waals surface area (Å²) in [7, 11) is 0. The maximum absolute atomic E-state index is 3.48. The van der Waals surface area contributed by atoms with Crippen LogP contribution in [0.25, 0.3) is 0 Å². The van der Waals surface area contributed by atoms with Crippen molar-refractivity contribution in [1.29, 1.82) is 0 Å². The molecule has 0 atom stereocenters. The lowest BCUT2D eigenvalue weighted by Gasteiger charge is -2.14. The van der Waals surface area contributed by atoms with Crippen LogP contribution in [0.5, 0.6) is 0 Å². The summed E-state index contributed by atoms with van der Waals surface area (Å²) in [4.78, 5) is 0. The van der Waals surface area contributed by atoms with E-state index in [2.05, 4.69) is 67.0 Å². The first kappa shape index (κ1) is 15.9. The van der Waals surface area contributed by atoms with Gasteiger partial charge in [0.2, 0.25) is 0 Å². The first-order chi connectivity index (χ1) is 10.7. The quantitative estimate of drug-likeness (QED) is 0.642. The van der Waals surface area contributed by atoms with Crippen LogP contribution in [0, 0.1) is 5.92 Å². The van der Waals surface area contributed by atoms with Crippen LogP contribution in [-0.4, -0.2) is 0 Å². The summed E-state index contributed by atoms with van der Waals surface area (Å²) < 4.78 is 0. The topological polar surface area (TPSA) is 24.1 Å². The highest BCUT2D eigenvalue weighted by atomic mass is 15.0. The fourth-order valence-electron chi connectivity index (χ4n) is 2.04. The molecule has 0 heterocycles. The monoisotopic (exact) mass is 292 g/mol. The molecule has 2 rings (SSSR count). The molecule has 0 saturated heterocycles. The molecule has 0 aromatic heterocycles. The fourth-order valence-corrected chi connectivity index (χ4v) is 2.04. The lowest BCUT2D eigenvalue weighted by atomic mass is 10.2. The van der Waals surface area contributed by atoms with E-state index in [9.17, 15) is 0 Å². The number of rotatable bonds is 6. The Hall–Kier alpha value is -2.48. The summed E-state index contributed by atoms with van der Waals surface area (Å²) >= 11 is 0. The molecule has 0 saturated carbocycles. The zero-order valence-electron chi connectivity index (χ0n) is 13.5. The third-order valence-electron chi connectivity index (χ3n) is 3.23. The van der Waals surface area contributed by atoms with Crippen LogP contribution in [0.3, 0.4) is 0 Å². The van der Waals surface area contributed by atoms with Gasteiger partial charge in [-0.25, -0.2) is 0 Å². The molecule has 0 bridgehead atoms. The molecule has 2 nitrogen and oxygen atoms in total. The van der Waals surface area contributed by atoms with Crippen LogP contribution >= 0.6 is 0 Å². The van der Waals surface area contributed by atoms with E-state index in [0.29, 0.717) is 5.92 Å². The van der Waals surface area contributed by atoms with Crippen LogP contribution in [0.4, 0.5) is 17.1 Å². The molecule has 0 amide bonds. The van der Waals surface area contributed by atoms with Gasteiger partial charge in [0.25, 0.3) is 0 Å². The van der Waals surface area contributed by atoms with Gasteiger partial charge in [0.15, 0.2) is 0 Å². The minimum atomic E-state index is 0.537. The van der Waals surface area contributed by atoms with Gasteiger partial charge in [0, 0.05) is 11.4 Å². The zero-order chi connectivity index (χ0) is 15.8. The molecule has 2 aromatic carbocycles. The van der Waals surface area contributed by atoms with Gasteiger partial charge >= 0.3 is 0 Å². The molecule has 0 unspecified atom stereocenters. The van der Waals surface area contributed by atoms with Gasteiger partial charge in [-0.2, -0.15) is 0 Å². The van der Waals surface area contributed by atoms with Crippen molar-refractivity contribution in [2.75, 3.05) is 10.6 Å². The van der Waals surface area contributed by atoms with Gasteiger partial charge in [0.1, 0.15) is 0 Å². The van der Waals surface area contributed by atoms with Crippen molar-refractivity contribution in [2.45, 2.75) is 20.8 Å². The van der Waals surface area contributed by atoms with Crippen molar-refractivity contribution in [2.24, 2.45) is 5.92 Å². The Bertz CT molecular complexity index is 640. The maximum Gasteiger partial charge on any atom is 0.0623 e. The van der Waals surface area contributed by atoms with Crippen molar-refractivity contribution in [1.82, 2.24) is 0 Å². The second-order valence-corrected chi connectivity index (χ2v) is 5.51. The molecule has 2 N–H and O–H groups in total. The van der Waals surface area contributed by atoms with E-state index in [1.54, 1.807) is 0 Å². The lowest BCUT2D eigenvalue weighted by molar-refractivity contribution is 0.831. The molecule has 0 aliphatic heterocycles. The van der Waals surface area contributed by atoms with Crippen LogP contribution in [0.1, 0.15) is 20.8 Å². The average molecular weight is 292 g/mol. The van der Waals surface area contributed by atoms with Crippen molar-refractivity contribution >= 4 is 17.1 Å². The van der Waals surface area contributed by atoms with E-state index >= 15 is 0 Å². The molecule has 0 spiro atoms. The minimum absolute atomic E-state index is 0.537. The van der Waals surface area contributed by atoms with Crippen molar-refractivity contribution in [3.8, 4) is 0 Å².